The molecule has 106 valence electrons. The van der Waals surface area contributed by atoms with E-state index < -0.39 is 0 Å². The first-order chi connectivity index (χ1) is 9.72. The van der Waals surface area contributed by atoms with Crippen molar-refractivity contribution in [1.29, 1.82) is 0 Å². The number of aryl methyl sites for hydroxylation is 1. The Kier molecular flexibility index (Phi) is 3.38. The molecule has 1 fully saturated rings. The van der Waals surface area contributed by atoms with Crippen LogP contribution in [0.3, 0.4) is 0 Å². The number of ether oxygens (including phenoxy) is 1. The number of aromatic nitrogens is 1. The highest BCUT2D eigenvalue weighted by atomic mass is 16.5. The molecule has 3 rings (SSSR count). The summed E-state index contributed by atoms with van der Waals surface area (Å²) in [5.74, 6) is 0.946. The molecule has 1 aliphatic heterocycles. The smallest absolute Gasteiger partial charge is 0.270 e. The Morgan fingerprint density at radius 3 is 2.65 bits per heavy atom. The molecule has 2 heterocycles. The van der Waals surface area contributed by atoms with Gasteiger partial charge in [-0.25, -0.2) is 0 Å². The van der Waals surface area contributed by atoms with Crippen molar-refractivity contribution in [2.75, 3.05) is 20.2 Å². The van der Waals surface area contributed by atoms with E-state index in [1.54, 1.807) is 7.11 Å². The Labute approximate surface area is 118 Å². The summed E-state index contributed by atoms with van der Waals surface area (Å²) in [5, 5.41) is 0.998. The third-order valence-corrected chi connectivity index (χ3v) is 4.13. The van der Waals surface area contributed by atoms with Gasteiger partial charge in [0, 0.05) is 25.5 Å². The Morgan fingerprint density at radius 1 is 1.20 bits per heavy atom. The van der Waals surface area contributed by atoms with E-state index in [1.807, 2.05) is 40.8 Å². The minimum Gasteiger partial charge on any atom is -0.496 e. The number of carbonyl (C=O) groups is 1. The molecule has 20 heavy (non-hydrogen) atoms. The summed E-state index contributed by atoms with van der Waals surface area (Å²) in [6.07, 6.45) is 3.45. The lowest BCUT2D eigenvalue weighted by molar-refractivity contribution is 0.0715. The number of hydrogen-bond acceptors (Lipinski definition) is 2. The number of piperidine rings is 1. The first-order valence-electron chi connectivity index (χ1n) is 7.14. The fraction of sp³-hybridized carbons (Fsp3) is 0.438. The van der Waals surface area contributed by atoms with Crippen molar-refractivity contribution in [2.45, 2.75) is 19.3 Å². The molecule has 0 bridgehead atoms. The lowest BCUT2D eigenvalue weighted by Gasteiger charge is -2.26. The van der Waals surface area contributed by atoms with E-state index >= 15 is 0 Å². The molecule has 4 heteroatoms. The maximum atomic E-state index is 12.7. The first-order valence-corrected chi connectivity index (χ1v) is 7.14. The summed E-state index contributed by atoms with van der Waals surface area (Å²) in [6.45, 7) is 1.75. The SMILES string of the molecule is COc1cccc2c1cc(C(=O)N1CCCCC1)n2C. The second kappa shape index (κ2) is 5.19. The Morgan fingerprint density at radius 2 is 1.95 bits per heavy atom. The van der Waals surface area contributed by atoms with Crippen molar-refractivity contribution in [3.63, 3.8) is 0 Å². The molecule has 0 N–H and O–H groups in total. The molecule has 0 unspecified atom stereocenters. The van der Waals surface area contributed by atoms with Gasteiger partial charge >= 0.3 is 0 Å². The number of nitrogens with zero attached hydrogens (tertiary/aromatic N) is 2. The van der Waals surface area contributed by atoms with Crippen LogP contribution >= 0.6 is 0 Å². The highest BCUT2D eigenvalue weighted by molar-refractivity contribution is 6.00. The van der Waals surface area contributed by atoms with Crippen molar-refractivity contribution in [3.05, 3.63) is 30.0 Å². The zero-order chi connectivity index (χ0) is 14.1. The molecule has 1 aliphatic rings. The fourth-order valence-corrected chi connectivity index (χ4v) is 2.98. The van der Waals surface area contributed by atoms with E-state index in [1.165, 1.54) is 6.42 Å². The van der Waals surface area contributed by atoms with Gasteiger partial charge in [-0.1, -0.05) is 6.07 Å². The fourth-order valence-electron chi connectivity index (χ4n) is 2.98. The van der Waals surface area contributed by atoms with Crippen LogP contribution in [0.15, 0.2) is 24.3 Å². The quantitative estimate of drug-likeness (QED) is 0.842. The van der Waals surface area contributed by atoms with Crippen molar-refractivity contribution in [3.8, 4) is 5.75 Å². The summed E-state index contributed by atoms with van der Waals surface area (Å²) in [4.78, 5) is 14.6. The molecule has 0 saturated carbocycles. The summed E-state index contributed by atoms with van der Waals surface area (Å²) < 4.78 is 7.35. The van der Waals surface area contributed by atoms with Gasteiger partial charge < -0.3 is 14.2 Å². The number of amides is 1. The third kappa shape index (κ3) is 2.05. The largest absolute Gasteiger partial charge is 0.496 e. The van der Waals surface area contributed by atoms with E-state index in [-0.39, 0.29) is 5.91 Å². The van der Waals surface area contributed by atoms with Gasteiger partial charge in [-0.3, -0.25) is 4.79 Å². The second-order valence-corrected chi connectivity index (χ2v) is 5.33. The summed E-state index contributed by atoms with van der Waals surface area (Å²) >= 11 is 0. The van der Waals surface area contributed by atoms with Crippen molar-refractivity contribution in [1.82, 2.24) is 9.47 Å². The molecule has 2 aromatic rings. The molecule has 1 amide bonds. The molecular weight excluding hydrogens is 252 g/mol. The molecule has 0 radical (unpaired) electrons. The van der Waals surface area contributed by atoms with Crippen LogP contribution in [0.25, 0.3) is 10.9 Å². The summed E-state index contributed by atoms with van der Waals surface area (Å²) in [7, 11) is 3.60. The molecular formula is C16H20N2O2. The predicted molar refractivity (Wildman–Crippen MR) is 79.2 cm³/mol. The van der Waals surface area contributed by atoms with Gasteiger partial charge in [0.2, 0.25) is 0 Å². The highest BCUT2D eigenvalue weighted by Crippen LogP contribution is 2.28. The van der Waals surface area contributed by atoms with Crippen molar-refractivity contribution < 1.29 is 9.53 Å². The Balaban J connectivity index is 2.03. The first kappa shape index (κ1) is 13.0. The second-order valence-electron chi connectivity index (χ2n) is 5.33. The van der Waals surface area contributed by atoms with Crippen LogP contribution in [0.1, 0.15) is 29.8 Å². The predicted octanol–water partition coefficient (Wildman–Crippen LogP) is 2.81. The molecule has 4 nitrogen and oxygen atoms in total. The summed E-state index contributed by atoms with van der Waals surface area (Å²) in [6, 6.07) is 7.85. The molecule has 1 aromatic heterocycles. The van der Waals surface area contributed by atoms with E-state index in [0.717, 1.165) is 48.3 Å². The normalized spacial score (nSPS) is 15.6. The van der Waals surface area contributed by atoms with Crippen LogP contribution in [0.5, 0.6) is 5.75 Å². The number of fused-ring (bicyclic) bond motifs is 1. The number of likely N-dealkylation sites (tertiary alicyclic amines) is 1. The number of rotatable bonds is 2. The zero-order valence-corrected chi connectivity index (χ0v) is 12.1. The molecule has 1 aromatic carbocycles. The Hall–Kier alpha value is -1.97. The monoisotopic (exact) mass is 272 g/mol. The lowest BCUT2D eigenvalue weighted by atomic mass is 10.1. The minimum atomic E-state index is 0.130. The summed E-state index contributed by atoms with van der Waals surface area (Å²) in [5.41, 5.74) is 1.77. The number of benzene rings is 1. The van der Waals surface area contributed by atoms with Crippen LogP contribution in [-0.4, -0.2) is 35.6 Å². The average Bonchev–Trinajstić information content (AvgIpc) is 2.85. The van der Waals surface area contributed by atoms with Gasteiger partial charge in [0.05, 0.1) is 12.6 Å². The van der Waals surface area contributed by atoms with E-state index in [0.29, 0.717) is 0 Å². The number of carbonyl (C=O) groups excluding carboxylic acids is 1. The molecule has 1 saturated heterocycles. The molecule has 0 aliphatic carbocycles. The van der Waals surface area contributed by atoms with Crippen LogP contribution < -0.4 is 4.74 Å². The van der Waals surface area contributed by atoms with Crippen LogP contribution in [0, 0.1) is 0 Å². The van der Waals surface area contributed by atoms with Gasteiger partial charge in [0.1, 0.15) is 11.4 Å². The lowest BCUT2D eigenvalue weighted by Crippen LogP contribution is -2.36. The van der Waals surface area contributed by atoms with Crippen LogP contribution in [-0.2, 0) is 7.05 Å². The van der Waals surface area contributed by atoms with E-state index in [9.17, 15) is 4.79 Å². The van der Waals surface area contributed by atoms with E-state index in [2.05, 4.69) is 0 Å². The van der Waals surface area contributed by atoms with Gasteiger partial charge in [0.25, 0.3) is 5.91 Å². The standard InChI is InChI=1S/C16H20N2O2/c1-17-13-7-6-8-15(20-2)12(13)11-14(17)16(19)18-9-4-3-5-10-18/h6-8,11H,3-5,9-10H2,1-2H3. The molecule has 0 atom stereocenters. The van der Waals surface area contributed by atoms with Crippen molar-refractivity contribution >= 4 is 16.8 Å². The molecule has 0 spiro atoms. The van der Waals surface area contributed by atoms with Crippen LogP contribution in [0.4, 0.5) is 0 Å². The zero-order valence-electron chi connectivity index (χ0n) is 12.1. The number of methoxy groups -OCH3 is 1. The highest BCUT2D eigenvalue weighted by Gasteiger charge is 2.22. The van der Waals surface area contributed by atoms with Gasteiger partial charge in [-0.2, -0.15) is 0 Å². The van der Waals surface area contributed by atoms with Crippen molar-refractivity contribution in [2.24, 2.45) is 7.05 Å². The van der Waals surface area contributed by atoms with E-state index in [4.69, 9.17) is 4.74 Å². The number of hydrogen-bond donors (Lipinski definition) is 0. The maximum absolute atomic E-state index is 12.7. The maximum Gasteiger partial charge on any atom is 0.270 e. The van der Waals surface area contributed by atoms with Crippen LogP contribution in [0.2, 0.25) is 0 Å². The van der Waals surface area contributed by atoms with Gasteiger partial charge in [0.15, 0.2) is 0 Å². The minimum absolute atomic E-state index is 0.130. The average molecular weight is 272 g/mol. The topological polar surface area (TPSA) is 34.5 Å². The third-order valence-electron chi connectivity index (χ3n) is 4.13. The Bertz CT molecular complexity index is 639. The van der Waals surface area contributed by atoms with Gasteiger partial charge in [-0.05, 0) is 37.5 Å². The van der Waals surface area contributed by atoms with Gasteiger partial charge in [-0.15, -0.1) is 0 Å².